The standard InChI is InChI=1S/C15H19N3O/c1-15(19,13-6-3-2-4-7-13)12-17-10-14(11-17)18-9-5-8-16-18/h2-9,14,19H,10-12H2,1H3. The molecule has 0 spiro atoms. The number of likely N-dealkylation sites (tertiary alicyclic amines) is 1. The maximum absolute atomic E-state index is 10.6. The molecular formula is C15H19N3O. The van der Waals surface area contributed by atoms with Gasteiger partial charge in [-0.2, -0.15) is 5.10 Å². The van der Waals surface area contributed by atoms with Crippen LogP contribution in [-0.4, -0.2) is 39.4 Å². The summed E-state index contributed by atoms with van der Waals surface area (Å²) in [6, 6.07) is 12.2. The molecule has 2 heterocycles. The molecule has 1 aromatic heterocycles. The van der Waals surface area contributed by atoms with E-state index in [2.05, 4.69) is 10.00 Å². The second kappa shape index (κ2) is 4.79. The van der Waals surface area contributed by atoms with Gasteiger partial charge < -0.3 is 5.11 Å². The minimum atomic E-state index is -0.795. The highest BCUT2D eigenvalue weighted by Gasteiger charge is 2.34. The molecule has 0 saturated carbocycles. The fraction of sp³-hybridized carbons (Fsp3) is 0.400. The summed E-state index contributed by atoms with van der Waals surface area (Å²) in [5.41, 5.74) is 0.175. The predicted octanol–water partition coefficient (Wildman–Crippen LogP) is 1.65. The third kappa shape index (κ3) is 2.55. The van der Waals surface area contributed by atoms with Gasteiger partial charge in [0.05, 0.1) is 11.6 Å². The van der Waals surface area contributed by atoms with Crippen LogP contribution in [0.25, 0.3) is 0 Å². The molecule has 0 amide bonds. The van der Waals surface area contributed by atoms with Gasteiger partial charge >= 0.3 is 0 Å². The van der Waals surface area contributed by atoms with Crippen molar-refractivity contribution in [1.82, 2.24) is 14.7 Å². The third-order valence-electron chi connectivity index (χ3n) is 3.76. The molecule has 1 aliphatic rings. The molecule has 0 aliphatic carbocycles. The Balaban J connectivity index is 1.59. The van der Waals surface area contributed by atoms with Crippen LogP contribution in [-0.2, 0) is 5.60 Å². The molecular weight excluding hydrogens is 238 g/mol. The highest BCUT2D eigenvalue weighted by atomic mass is 16.3. The molecule has 1 unspecified atom stereocenters. The molecule has 0 bridgehead atoms. The molecule has 3 rings (SSSR count). The minimum Gasteiger partial charge on any atom is -0.384 e. The van der Waals surface area contributed by atoms with Crippen LogP contribution in [0.5, 0.6) is 0 Å². The predicted molar refractivity (Wildman–Crippen MR) is 73.7 cm³/mol. The smallest absolute Gasteiger partial charge is 0.0994 e. The first-order valence-electron chi connectivity index (χ1n) is 6.64. The zero-order valence-corrected chi connectivity index (χ0v) is 11.1. The maximum Gasteiger partial charge on any atom is 0.0994 e. The average Bonchev–Trinajstić information content (AvgIpc) is 2.88. The van der Waals surface area contributed by atoms with E-state index in [1.54, 1.807) is 0 Å². The van der Waals surface area contributed by atoms with Gasteiger partial charge in [-0.1, -0.05) is 30.3 Å². The normalized spacial score (nSPS) is 19.9. The van der Waals surface area contributed by atoms with Crippen LogP contribution in [0.2, 0.25) is 0 Å². The topological polar surface area (TPSA) is 41.3 Å². The Kier molecular flexibility index (Phi) is 3.12. The lowest BCUT2D eigenvalue weighted by Gasteiger charge is -2.42. The highest BCUT2D eigenvalue weighted by molar-refractivity contribution is 5.22. The summed E-state index contributed by atoms with van der Waals surface area (Å²) in [6.07, 6.45) is 3.81. The Labute approximate surface area is 113 Å². The molecule has 1 atom stereocenters. The molecule has 1 aliphatic heterocycles. The van der Waals surface area contributed by atoms with Crippen molar-refractivity contribution in [2.24, 2.45) is 0 Å². The van der Waals surface area contributed by atoms with Crippen molar-refractivity contribution in [3.63, 3.8) is 0 Å². The van der Waals surface area contributed by atoms with E-state index in [4.69, 9.17) is 0 Å². The zero-order valence-electron chi connectivity index (χ0n) is 11.1. The summed E-state index contributed by atoms with van der Waals surface area (Å²) >= 11 is 0. The van der Waals surface area contributed by atoms with Crippen LogP contribution in [0, 0.1) is 0 Å². The molecule has 4 heteroatoms. The molecule has 1 fully saturated rings. The largest absolute Gasteiger partial charge is 0.384 e. The van der Waals surface area contributed by atoms with Crippen LogP contribution in [0.3, 0.4) is 0 Å². The number of aliphatic hydroxyl groups is 1. The lowest BCUT2D eigenvalue weighted by atomic mass is 9.93. The van der Waals surface area contributed by atoms with Gasteiger partial charge in [-0.3, -0.25) is 9.58 Å². The van der Waals surface area contributed by atoms with Crippen molar-refractivity contribution < 1.29 is 5.11 Å². The van der Waals surface area contributed by atoms with E-state index in [0.717, 1.165) is 18.7 Å². The Morgan fingerprint density at radius 2 is 2.00 bits per heavy atom. The van der Waals surface area contributed by atoms with Crippen molar-refractivity contribution in [3.05, 3.63) is 54.4 Å². The number of β-amino-alcohol motifs (C(OH)–C–C–N with tert-alkyl or cyclic N) is 1. The SMILES string of the molecule is CC(O)(CN1CC(n2cccn2)C1)c1ccccc1. The van der Waals surface area contributed by atoms with Crippen molar-refractivity contribution in [2.45, 2.75) is 18.6 Å². The summed E-state index contributed by atoms with van der Waals surface area (Å²) in [5, 5.41) is 14.8. The van der Waals surface area contributed by atoms with Crippen molar-refractivity contribution >= 4 is 0 Å². The minimum absolute atomic E-state index is 0.446. The van der Waals surface area contributed by atoms with Gasteiger partial charge in [0.2, 0.25) is 0 Å². The van der Waals surface area contributed by atoms with Gasteiger partial charge in [-0.05, 0) is 18.6 Å². The number of hydrogen-bond donors (Lipinski definition) is 1. The van der Waals surface area contributed by atoms with Gasteiger partial charge in [0.25, 0.3) is 0 Å². The van der Waals surface area contributed by atoms with E-state index < -0.39 is 5.60 Å². The van der Waals surface area contributed by atoms with E-state index in [-0.39, 0.29) is 0 Å². The number of rotatable bonds is 4. The van der Waals surface area contributed by atoms with E-state index in [1.165, 1.54) is 0 Å². The Hall–Kier alpha value is -1.65. The number of nitrogens with zero attached hydrogens (tertiary/aromatic N) is 3. The Bertz CT molecular complexity index is 516. The second-order valence-electron chi connectivity index (χ2n) is 5.47. The third-order valence-corrected chi connectivity index (χ3v) is 3.76. The summed E-state index contributed by atoms with van der Waals surface area (Å²) < 4.78 is 1.99. The monoisotopic (exact) mass is 257 g/mol. The molecule has 1 saturated heterocycles. The van der Waals surface area contributed by atoms with Crippen LogP contribution < -0.4 is 0 Å². The summed E-state index contributed by atoms with van der Waals surface area (Å²) in [6.45, 7) is 4.44. The lowest BCUT2D eigenvalue weighted by Crippen LogP contribution is -2.52. The first-order valence-corrected chi connectivity index (χ1v) is 6.64. The van der Waals surface area contributed by atoms with Crippen LogP contribution in [0.15, 0.2) is 48.8 Å². The second-order valence-corrected chi connectivity index (χ2v) is 5.47. The molecule has 1 aromatic carbocycles. The Morgan fingerprint density at radius 3 is 2.63 bits per heavy atom. The lowest BCUT2D eigenvalue weighted by molar-refractivity contribution is -0.0219. The zero-order chi connectivity index (χ0) is 13.3. The van der Waals surface area contributed by atoms with Crippen LogP contribution in [0.1, 0.15) is 18.5 Å². The summed E-state index contributed by atoms with van der Waals surface area (Å²) in [4.78, 5) is 2.26. The van der Waals surface area contributed by atoms with Crippen molar-refractivity contribution in [2.75, 3.05) is 19.6 Å². The molecule has 100 valence electrons. The molecule has 2 aromatic rings. The van der Waals surface area contributed by atoms with Gasteiger partial charge in [0.1, 0.15) is 0 Å². The van der Waals surface area contributed by atoms with Gasteiger partial charge in [0, 0.05) is 32.0 Å². The fourth-order valence-electron chi connectivity index (χ4n) is 2.66. The molecule has 4 nitrogen and oxygen atoms in total. The number of hydrogen-bond acceptors (Lipinski definition) is 3. The Morgan fingerprint density at radius 1 is 1.26 bits per heavy atom. The number of aromatic nitrogens is 2. The van der Waals surface area contributed by atoms with Crippen molar-refractivity contribution in [1.29, 1.82) is 0 Å². The highest BCUT2D eigenvalue weighted by Crippen LogP contribution is 2.27. The van der Waals surface area contributed by atoms with Crippen molar-refractivity contribution in [3.8, 4) is 0 Å². The van der Waals surface area contributed by atoms with E-state index in [9.17, 15) is 5.11 Å². The van der Waals surface area contributed by atoms with Crippen LogP contribution in [0.4, 0.5) is 0 Å². The molecule has 1 N–H and O–H groups in total. The van der Waals surface area contributed by atoms with E-state index in [1.807, 2.05) is 60.4 Å². The van der Waals surface area contributed by atoms with Gasteiger partial charge in [0.15, 0.2) is 0 Å². The quantitative estimate of drug-likeness (QED) is 0.905. The summed E-state index contributed by atoms with van der Waals surface area (Å²) in [5.74, 6) is 0. The first kappa shape index (κ1) is 12.4. The van der Waals surface area contributed by atoms with E-state index >= 15 is 0 Å². The first-order chi connectivity index (χ1) is 9.15. The van der Waals surface area contributed by atoms with Gasteiger partial charge in [-0.15, -0.1) is 0 Å². The summed E-state index contributed by atoms with van der Waals surface area (Å²) in [7, 11) is 0. The average molecular weight is 257 g/mol. The molecule has 0 radical (unpaired) electrons. The van der Waals surface area contributed by atoms with Gasteiger partial charge in [-0.25, -0.2) is 0 Å². The van der Waals surface area contributed by atoms with E-state index in [0.29, 0.717) is 12.6 Å². The maximum atomic E-state index is 10.6. The fourth-order valence-corrected chi connectivity index (χ4v) is 2.66. The van der Waals surface area contributed by atoms with Crippen LogP contribution >= 0.6 is 0 Å². The number of benzene rings is 1. The molecule has 19 heavy (non-hydrogen) atoms.